The van der Waals surface area contributed by atoms with E-state index in [0.29, 0.717) is 34.5 Å². The van der Waals surface area contributed by atoms with Gasteiger partial charge >= 0.3 is 0 Å². The van der Waals surface area contributed by atoms with Crippen LogP contribution in [0.5, 0.6) is 5.75 Å². The van der Waals surface area contributed by atoms with Crippen LogP contribution in [0.1, 0.15) is 22.0 Å². The molecular weight excluding hydrogens is 407 g/mol. The van der Waals surface area contributed by atoms with Crippen LogP contribution in [0, 0.1) is 10.5 Å². The fourth-order valence-electron chi connectivity index (χ4n) is 1.81. The summed E-state index contributed by atoms with van der Waals surface area (Å²) in [5.41, 5.74) is 0.415. The van der Waals surface area contributed by atoms with Crippen molar-refractivity contribution in [3.63, 3.8) is 0 Å². The molecule has 0 atom stereocenters. The molecule has 6 nitrogen and oxygen atoms in total. The van der Waals surface area contributed by atoms with Gasteiger partial charge in [-0.25, -0.2) is 4.98 Å². The summed E-state index contributed by atoms with van der Waals surface area (Å²) >= 11 is 8.18. The summed E-state index contributed by atoms with van der Waals surface area (Å²) in [4.78, 5) is 18.2. The Morgan fingerprint density at radius 1 is 1.52 bits per heavy atom. The molecule has 0 aliphatic heterocycles. The number of aromatic amines is 1. The lowest BCUT2D eigenvalue weighted by molar-refractivity contribution is 0.0778. The first-order valence-electron chi connectivity index (χ1n) is 6.08. The van der Waals surface area contributed by atoms with Gasteiger partial charge in [0.2, 0.25) is 0 Å². The van der Waals surface area contributed by atoms with Crippen molar-refractivity contribution in [2.24, 2.45) is 0 Å². The van der Waals surface area contributed by atoms with Crippen molar-refractivity contribution in [3.8, 4) is 5.75 Å². The minimum atomic E-state index is -0.201. The zero-order chi connectivity index (χ0) is 15.6. The second-order valence-electron chi connectivity index (χ2n) is 4.46. The summed E-state index contributed by atoms with van der Waals surface area (Å²) in [5.74, 6) is 1.55. The highest BCUT2D eigenvalue weighted by Gasteiger charge is 2.19. The third-order valence-corrected chi connectivity index (χ3v) is 4.37. The van der Waals surface area contributed by atoms with Crippen LogP contribution in [-0.4, -0.2) is 40.1 Å². The van der Waals surface area contributed by atoms with Crippen LogP contribution >= 0.6 is 34.2 Å². The van der Waals surface area contributed by atoms with E-state index in [9.17, 15) is 4.79 Å². The van der Waals surface area contributed by atoms with E-state index in [1.54, 1.807) is 26.1 Å². The first-order chi connectivity index (χ1) is 9.92. The number of methoxy groups -OCH3 is 1. The largest absolute Gasteiger partial charge is 0.496 e. The molecule has 0 bridgehead atoms. The Balaban J connectivity index is 2.24. The molecule has 1 aromatic heterocycles. The number of hydrogen-bond acceptors (Lipinski definition) is 4. The van der Waals surface area contributed by atoms with E-state index >= 15 is 0 Å². The first kappa shape index (κ1) is 16.0. The molecule has 0 aliphatic rings. The van der Waals surface area contributed by atoms with Gasteiger partial charge in [0, 0.05) is 10.6 Å². The van der Waals surface area contributed by atoms with Crippen molar-refractivity contribution in [1.82, 2.24) is 20.1 Å². The van der Waals surface area contributed by atoms with Gasteiger partial charge in [0.25, 0.3) is 5.91 Å². The van der Waals surface area contributed by atoms with Crippen molar-refractivity contribution in [3.05, 3.63) is 37.9 Å². The van der Waals surface area contributed by atoms with E-state index in [-0.39, 0.29) is 5.91 Å². The van der Waals surface area contributed by atoms with Crippen LogP contribution in [0.4, 0.5) is 0 Å². The number of carbonyl (C=O) groups excluding carboxylic acids is 1. The number of halogens is 2. The molecule has 8 heteroatoms. The molecule has 21 heavy (non-hydrogen) atoms. The molecule has 1 aromatic carbocycles. The number of rotatable bonds is 4. The quantitative estimate of drug-likeness (QED) is 0.772. The molecular formula is C13H14ClIN4O2. The Morgan fingerprint density at radius 2 is 2.24 bits per heavy atom. The predicted molar refractivity (Wildman–Crippen MR) is 87.6 cm³/mol. The van der Waals surface area contributed by atoms with Crippen molar-refractivity contribution in [2.75, 3.05) is 14.2 Å². The van der Waals surface area contributed by atoms with Gasteiger partial charge in [-0.2, -0.15) is 5.10 Å². The van der Waals surface area contributed by atoms with E-state index in [1.165, 1.54) is 12.0 Å². The molecule has 0 radical (unpaired) electrons. The average Bonchev–Trinajstić information content (AvgIpc) is 2.85. The minimum Gasteiger partial charge on any atom is -0.496 e. The van der Waals surface area contributed by atoms with Gasteiger partial charge in [-0.15, -0.1) is 0 Å². The third-order valence-electron chi connectivity index (χ3n) is 2.84. The second-order valence-corrected chi connectivity index (χ2v) is 6.03. The summed E-state index contributed by atoms with van der Waals surface area (Å²) in [6, 6.07) is 3.35. The summed E-state index contributed by atoms with van der Waals surface area (Å²) in [6.45, 7) is 2.11. The Labute approximate surface area is 141 Å². The number of nitrogens with zero attached hydrogens (tertiary/aromatic N) is 3. The molecule has 0 aliphatic carbocycles. The fourth-order valence-corrected chi connectivity index (χ4v) is 2.42. The third kappa shape index (κ3) is 3.65. The van der Waals surface area contributed by atoms with Crippen LogP contribution in [0.25, 0.3) is 0 Å². The number of benzene rings is 1. The maximum atomic E-state index is 12.5. The molecule has 1 N–H and O–H groups in total. The van der Waals surface area contributed by atoms with Gasteiger partial charge < -0.3 is 9.64 Å². The number of aromatic nitrogens is 3. The highest BCUT2D eigenvalue weighted by Crippen LogP contribution is 2.29. The number of H-pyrrole nitrogens is 1. The monoisotopic (exact) mass is 420 g/mol. The SMILES string of the molecule is COc1cc(I)c(Cl)cc1C(=O)N(C)Cc1n[nH]c(C)n1. The molecule has 0 saturated heterocycles. The summed E-state index contributed by atoms with van der Waals surface area (Å²) < 4.78 is 6.09. The van der Waals surface area contributed by atoms with E-state index in [1.807, 2.05) is 0 Å². The van der Waals surface area contributed by atoms with E-state index < -0.39 is 0 Å². The van der Waals surface area contributed by atoms with Crippen molar-refractivity contribution in [1.29, 1.82) is 0 Å². The number of carbonyl (C=O) groups is 1. The molecule has 0 unspecified atom stereocenters. The maximum Gasteiger partial charge on any atom is 0.257 e. The number of ether oxygens (including phenoxy) is 1. The number of nitrogens with one attached hydrogen (secondary N) is 1. The Morgan fingerprint density at radius 3 is 2.81 bits per heavy atom. The van der Waals surface area contributed by atoms with Crippen molar-refractivity contribution in [2.45, 2.75) is 13.5 Å². The molecule has 2 aromatic rings. The molecule has 2 rings (SSSR count). The van der Waals surface area contributed by atoms with Gasteiger partial charge in [0.15, 0.2) is 5.82 Å². The van der Waals surface area contributed by atoms with Gasteiger partial charge in [0.1, 0.15) is 11.6 Å². The Hall–Kier alpha value is -1.35. The van der Waals surface area contributed by atoms with Crippen LogP contribution in [0.15, 0.2) is 12.1 Å². The van der Waals surface area contributed by atoms with E-state index in [4.69, 9.17) is 16.3 Å². The topological polar surface area (TPSA) is 71.1 Å². The number of aryl methyl sites for hydroxylation is 1. The fraction of sp³-hybridized carbons (Fsp3) is 0.308. The van der Waals surface area contributed by atoms with Crippen LogP contribution in [0.3, 0.4) is 0 Å². The zero-order valence-electron chi connectivity index (χ0n) is 11.8. The lowest BCUT2D eigenvalue weighted by Crippen LogP contribution is -2.27. The molecule has 1 heterocycles. The van der Waals surface area contributed by atoms with E-state index in [2.05, 4.69) is 37.8 Å². The molecule has 1 amide bonds. The van der Waals surface area contributed by atoms with Gasteiger partial charge in [-0.1, -0.05) is 11.6 Å². The molecule has 0 saturated carbocycles. The second kappa shape index (κ2) is 6.61. The minimum absolute atomic E-state index is 0.201. The number of amides is 1. The normalized spacial score (nSPS) is 10.5. The summed E-state index contributed by atoms with van der Waals surface area (Å²) in [5, 5.41) is 7.28. The van der Waals surface area contributed by atoms with Crippen LogP contribution < -0.4 is 4.74 Å². The Bertz CT molecular complexity index is 674. The summed E-state index contributed by atoms with van der Waals surface area (Å²) in [6.07, 6.45) is 0. The van der Waals surface area contributed by atoms with Gasteiger partial charge in [-0.05, 0) is 41.6 Å². The summed E-state index contributed by atoms with van der Waals surface area (Å²) in [7, 11) is 3.20. The van der Waals surface area contributed by atoms with Crippen LogP contribution in [-0.2, 0) is 6.54 Å². The van der Waals surface area contributed by atoms with Crippen molar-refractivity contribution >= 4 is 40.1 Å². The van der Waals surface area contributed by atoms with Crippen molar-refractivity contribution < 1.29 is 9.53 Å². The first-order valence-corrected chi connectivity index (χ1v) is 7.54. The van der Waals surface area contributed by atoms with Gasteiger partial charge in [0.05, 0.1) is 24.2 Å². The van der Waals surface area contributed by atoms with Gasteiger partial charge in [-0.3, -0.25) is 9.89 Å². The lowest BCUT2D eigenvalue weighted by Gasteiger charge is -2.17. The highest BCUT2D eigenvalue weighted by atomic mass is 127. The molecule has 0 spiro atoms. The Kier molecular flexibility index (Phi) is 5.04. The van der Waals surface area contributed by atoms with Crippen LogP contribution in [0.2, 0.25) is 5.02 Å². The highest BCUT2D eigenvalue weighted by molar-refractivity contribution is 14.1. The number of hydrogen-bond donors (Lipinski definition) is 1. The zero-order valence-corrected chi connectivity index (χ0v) is 14.7. The predicted octanol–water partition coefficient (Wildman–Crippen LogP) is 2.65. The standard InChI is InChI=1S/C13H14ClIN4O2/c1-7-16-12(18-17-7)6-19(2)13(20)8-4-9(14)10(15)5-11(8)21-3/h4-5H,6H2,1-3H3,(H,16,17,18). The smallest absolute Gasteiger partial charge is 0.257 e. The van der Waals surface area contributed by atoms with E-state index in [0.717, 1.165) is 3.57 Å². The maximum absolute atomic E-state index is 12.5. The average molecular weight is 421 g/mol. The molecule has 112 valence electrons. The molecule has 0 fully saturated rings. The lowest BCUT2D eigenvalue weighted by atomic mass is 10.1.